The molecule has 0 aliphatic carbocycles. The third-order valence-corrected chi connectivity index (χ3v) is 2.87. The van der Waals surface area contributed by atoms with Crippen LogP contribution in [0.25, 0.3) is 10.9 Å². The Morgan fingerprint density at radius 2 is 2.14 bits per heavy atom. The van der Waals surface area contributed by atoms with E-state index in [2.05, 4.69) is 16.8 Å². The first-order valence-corrected chi connectivity index (χ1v) is 6.62. The van der Waals surface area contributed by atoms with Gasteiger partial charge in [-0.1, -0.05) is 11.8 Å². The standard InChI is InChI=1S/C16H14N2O4/c1-2-22-16(21)12-9-18-13-7-6-10(4-3-5-14(17)19)8-11(13)15(12)20/h6-9H,2,5H2,1H3,(H2,17,19)(H,18,20). The lowest BCUT2D eigenvalue weighted by molar-refractivity contribution is -0.117. The Balaban J connectivity index is 2.47. The molecule has 3 N–H and O–H groups in total. The second-order valence-corrected chi connectivity index (χ2v) is 4.46. The number of fused-ring (bicyclic) bond motifs is 1. The fraction of sp³-hybridized carbons (Fsp3) is 0.188. The predicted octanol–water partition coefficient (Wildman–Crippen LogP) is 0.932. The van der Waals surface area contributed by atoms with Gasteiger partial charge in [0, 0.05) is 22.7 Å². The number of pyridine rings is 1. The molecule has 1 aromatic heterocycles. The maximum Gasteiger partial charge on any atom is 0.343 e. The fourth-order valence-corrected chi connectivity index (χ4v) is 1.89. The van der Waals surface area contributed by atoms with Gasteiger partial charge in [-0.05, 0) is 25.1 Å². The number of hydrogen-bond acceptors (Lipinski definition) is 4. The molecular weight excluding hydrogens is 284 g/mol. The molecule has 0 saturated carbocycles. The Morgan fingerprint density at radius 3 is 2.82 bits per heavy atom. The minimum absolute atomic E-state index is 0.0583. The summed E-state index contributed by atoms with van der Waals surface area (Å²) in [7, 11) is 0. The van der Waals surface area contributed by atoms with E-state index in [-0.39, 0.29) is 18.6 Å². The van der Waals surface area contributed by atoms with Crippen LogP contribution in [0.1, 0.15) is 29.3 Å². The number of rotatable bonds is 3. The van der Waals surface area contributed by atoms with Gasteiger partial charge >= 0.3 is 5.97 Å². The summed E-state index contributed by atoms with van der Waals surface area (Å²) >= 11 is 0. The molecule has 0 aliphatic rings. The minimum atomic E-state index is -0.670. The number of benzene rings is 1. The molecule has 112 valence electrons. The predicted molar refractivity (Wildman–Crippen MR) is 81.2 cm³/mol. The van der Waals surface area contributed by atoms with Crippen molar-refractivity contribution >= 4 is 22.8 Å². The number of H-pyrrole nitrogens is 1. The number of carbonyl (C=O) groups is 2. The zero-order chi connectivity index (χ0) is 16.1. The van der Waals surface area contributed by atoms with Crippen LogP contribution >= 0.6 is 0 Å². The first-order chi connectivity index (χ1) is 10.5. The third-order valence-electron chi connectivity index (χ3n) is 2.87. The molecule has 6 heteroatoms. The smallest absolute Gasteiger partial charge is 0.343 e. The van der Waals surface area contributed by atoms with Crippen LogP contribution in [0.15, 0.2) is 29.2 Å². The van der Waals surface area contributed by atoms with Gasteiger partial charge in [0.1, 0.15) is 5.56 Å². The Kier molecular flexibility index (Phi) is 4.59. The number of carbonyl (C=O) groups excluding carboxylic acids is 2. The van der Waals surface area contributed by atoms with Crippen molar-refractivity contribution in [3.05, 3.63) is 45.7 Å². The summed E-state index contributed by atoms with van der Waals surface area (Å²) in [6.07, 6.45) is 1.28. The monoisotopic (exact) mass is 298 g/mol. The molecule has 2 rings (SSSR count). The van der Waals surface area contributed by atoms with Crippen molar-refractivity contribution < 1.29 is 14.3 Å². The largest absolute Gasteiger partial charge is 0.462 e. The third kappa shape index (κ3) is 3.33. The molecule has 6 nitrogen and oxygen atoms in total. The number of esters is 1. The molecule has 1 heterocycles. The normalized spacial score (nSPS) is 9.86. The van der Waals surface area contributed by atoms with Gasteiger partial charge in [0.05, 0.1) is 13.0 Å². The maximum absolute atomic E-state index is 12.3. The van der Waals surface area contributed by atoms with Crippen LogP contribution in [0, 0.1) is 11.8 Å². The van der Waals surface area contributed by atoms with E-state index in [1.54, 1.807) is 25.1 Å². The molecule has 0 radical (unpaired) electrons. The number of ether oxygens (including phenoxy) is 1. The Morgan fingerprint density at radius 1 is 1.36 bits per heavy atom. The van der Waals surface area contributed by atoms with Crippen LogP contribution < -0.4 is 11.2 Å². The lowest BCUT2D eigenvalue weighted by atomic mass is 10.1. The first kappa shape index (κ1) is 15.3. The summed E-state index contributed by atoms with van der Waals surface area (Å²) in [6, 6.07) is 4.95. The van der Waals surface area contributed by atoms with Crippen molar-refractivity contribution in [2.45, 2.75) is 13.3 Å². The second-order valence-electron chi connectivity index (χ2n) is 4.46. The van der Waals surface area contributed by atoms with E-state index in [0.717, 1.165) is 0 Å². The van der Waals surface area contributed by atoms with Crippen LogP contribution in [0.2, 0.25) is 0 Å². The highest BCUT2D eigenvalue weighted by molar-refractivity contribution is 5.93. The van der Waals surface area contributed by atoms with Gasteiger partial charge in [0.25, 0.3) is 0 Å². The fourth-order valence-electron chi connectivity index (χ4n) is 1.89. The van der Waals surface area contributed by atoms with E-state index in [4.69, 9.17) is 10.5 Å². The number of amides is 1. The Labute approximate surface area is 126 Å². The van der Waals surface area contributed by atoms with Crippen molar-refractivity contribution in [2.24, 2.45) is 5.73 Å². The van der Waals surface area contributed by atoms with Gasteiger partial charge in [0.15, 0.2) is 0 Å². The summed E-state index contributed by atoms with van der Waals surface area (Å²) in [5.74, 6) is 4.18. The summed E-state index contributed by atoms with van der Waals surface area (Å²) in [5, 5.41) is 0.330. The second kappa shape index (κ2) is 6.59. The quantitative estimate of drug-likeness (QED) is 0.650. The number of nitrogens with one attached hydrogen (secondary N) is 1. The molecule has 1 aromatic carbocycles. The van der Waals surface area contributed by atoms with Crippen molar-refractivity contribution in [2.75, 3.05) is 6.61 Å². The molecule has 0 unspecified atom stereocenters. The number of hydrogen-bond donors (Lipinski definition) is 2. The SMILES string of the molecule is CCOC(=O)c1c[nH]c2ccc(C#CCC(N)=O)cc2c1=O. The Bertz CT molecular complexity index is 856. The summed E-state index contributed by atoms with van der Waals surface area (Å²) in [6.45, 7) is 1.86. The summed E-state index contributed by atoms with van der Waals surface area (Å²) in [5.41, 5.74) is 5.66. The molecule has 0 bridgehead atoms. The number of nitrogens with two attached hydrogens (primary N) is 1. The first-order valence-electron chi connectivity index (χ1n) is 6.62. The molecule has 1 amide bonds. The van der Waals surface area contributed by atoms with Crippen LogP contribution in [0.3, 0.4) is 0 Å². The highest BCUT2D eigenvalue weighted by Crippen LogP contribution is 2.11. The highest BCUT2D eigenvalue weighted by atomic mass is 16.5. The van der Waals surface area contributed by atoms with Crippen LogP contribution in [0.5, 0.6) is 0 Å². The Hall–Kier alpha value is -3.07. The van der Waals surface area contributed by atoms with Gasteiger partial charge in [-0.25, -0.2) is 4.79 Å². The van der Waals surface area contributed by atoms with Crippen molar-refractivity contribution in [3.63, 3.8) is 0 Å². The molecule has 0 atom stereocenters. The molecule has 0 aliphatic heterocycles. The topological polar surface area (TPSA) is 102 Å². The summed E-state index contributed by atoms with van der Waals surface area (Å²) in [4.78, 5) is 37.6. The maximum atomic E-state index is 12.3. The highest BCUT2D eigenvalue weighted by Gasteiger charge is 2.13. The van der Waals surface area contributed by atoms with Crippen molar-refractivity contribution in [3.8, 4) is 11.8 Å². The van der Waals surface area contributed by atoms with E-state index in [1.165, 1.54) is 6.20 Å². The van der Waals surface area contributed by atoms with E-state index >= 15 is 0 Å². The van der Waals surface area contributed by atoms with Gasteiger partial charge in [-0.15, -0.1) is 0 Å². The van der Waals surface area contributed by atoms with E-state index in [1.807, 2.05) is 0 Å². The van der Waals surface area contributed by atoms with E-state index < -0.39 is 17.3 Å². The van der Waals surface area contributed by atoms with Crippen molar-refractivity contribution in [1.29, 1.82) is 0 Å². The number of primary amides is 1. The molecule has 0 fully saturated rings. The van der Waals surface area contributed by atoms with Crippen LogP contribution in [-0.2, 0) is 9.53 Å². The zero-order valence-electron chi connectivity index (χ0n) is 11.9. The van der Waals surface area contributed by atoms with Gasteiger partial charge in [-0.2, -0.15) is 0 Å². The average molecular weight is 298 g/mol. The van der Waals surface area contributed by atoms with Crippen LogP contribution in [0.4, 0.5) is 0 Å². The van der Waals surface area contributed by atoms with E-state index in [9.17, 15) is 14.4 Å². The van der Waals surface area contributed by atoms with Gasteiger partial charge in [0.2, 0.25) is 11.3 Å². The van der Waals surface area contributed by atoms with Crippen LogP contribution in [-0.4, -0.2) is 23.5 Å². The lowest BCUT2D eigenvalue weighted by Crippen LogP contribution is -2.18. The number of aromatic nitrogens is 1. The average Bonchev–Trinajstić information content (AvgIpc) is 2.48. The molecule has 0 saturated heterocycles. The van der Waals surface area contributed by atoms with Gasteiger partial charge in [-0.3, -0.25) is 9.59 Å². The van der Waals surface area contributed by atoms with Gasteiger partial charge < -0.3 is 15.5 Å². The zero-order valence-corrected chi connectivity index (χ0v) is 11.9. The van der Waals surface area contributed by atoms with E-state index in [0.29, 0.717) is 16.5 Å². The molecular formula is C16H14N2O4. The molecule has 22 heavy (non-hydrogen) atoms. The minimum Gasteiger partial charge on any atom is -0.462 e. The molecule has 2 aromatic rings. The van der Waals surface area contributed by atoms with Crippen molar-refractivity contribution in [1.82, 2.24) is 4.98 Å². The molecule has 0 spiro atoms. The summed E-state index contributed by atoms with van der Waals surface area (Å²) < 4.78 is 4.84. The lowest BCUT2D eigenvalue weighted by Gasteiger charge is -2.03. The number of aromatic amines is 1.